The molecule has 2 aliphatic rings. The number of fused-ring (bicyclic) bond motifs is 9. The summed E-state index contributed by atoms with van der Waals surface area (Å²) in [5, 5.41) is 41.5. The maximum atomic E-state index is 10.5. The Kier molecular flexibility index (Phi) is 3.27. The largest absolute Gasteiger partial charge is 0.504 e. The molecule has 6 rings (SSSR count). The normalized spacial score (nSPS) is 17.8. The average Bonchev–Trinajstić information content (AvgIpc) is 3.04. The fourth-order valence-corrected chi connectivity index (χ4v) is 5.38. The molecule has 1 atom stereocenters. The first-order valence-electron chi connectivity index (χ1n) is 10.0. The molecule has 152 valence electrons. The Hall–Kier alpha value is -4.12. The van der Waals surface area contributed by atoms with Gasteiger partial charge in [0.2, 0.25) is 0 Å². The second kappa shape index (κ2) is 5.73. The first-order valence-corrected chi connectivity index (χ1v) is 10.0. The van der Waals surface area contributed by atoms with Crippen LogP contribution in [-0.4, -0.2) is 27.5 Å². The summed E-state index contributed by atoms with van der Waals surface area (Å²) < 4.78 is 0. The molecule has 4 N–H and O–H groups in total. The highest BCUT2D eigenvalue weighted by Crippen LogP contribution is 2.63. The topological polar surface area (TPSA) is 84.2 Å². The van der Waals surface area contributed by atoms with Crippen LogP contribution in [0.4, 0.5) is 11.4 Å². The molecule has 0 saturated heterocycles. The smallest absolute Gasteiger partial charge is 0.159 e. The molecule has 4 aromatic carbocycles. The average molecular weight is 409 g/mol. The van der Waals surface area contributed by atoms with Crippen LogP contribution >= 0.6 is 0 Å². The highest BCUT2D eigenvalue weighted by molar-refractivity contribution is 5.94. The van der Waals surface area contributed by atoms with E-state index in [1.807, 2.05) is 54.4 Å². The fourth-order valence-electron chi connectivity index (χ4n) is 5.38. The molecular formula is C26H19NO4. The number of anilines is 2. The number of para-hydroxylation sites is 1. The predicted octanol–water partition coefficient (Wildman–Crippen LogP) is 4.95. The summed E-state index contributed by atoms with van der Waals surface area (Å²) in [6.07, 6.45) is 0. The van der Waals surface area contributed by atoms with Crippen molar-refractivity contribution < 1.29 is 20.4 Å². The van der Waals surface area contributed by atoms with Gasteiger partial charge < -0.3 is 25.3 Å². The van der Waals surface area contributed by atoms with Gasteiger partial charge in [-0.1, -0.05) is 42.5 Å². The van der Waals surface area contributed by atoms with Gasteiger partial charge in [-0.2, -0.15) is 0 Å². The lowest BCUT2D eigenvalue weighted by Crippen LogP contribution is -2.36. The number of aromatic hydroxyl groups is 4. The molecule has 0 amide bonds. The summed E-state index contributed by atoms with van der Waals surface area (Å²) in [5.74, 6) is -0.785. The zero-order valence-corrected chi connectivity index (χ0v) is 16.7. The van der Waals surface area contributed by atoms with Crippen LogP contribution in [0.15, 0.2) is 72.8 Å². The zero-order valence-electron chi connectivity index (χ0n) is 16.7. The van der Waals surface area contributed by atoms with Crippen molar-refractivity contribution in [3.63, 3.8) is 0 Å². The van der Waals surface area contributed by atoms with Gasteiger partial charge in [0.1, 0.15) is 0 Å². The van der Waals surface area contributed by atoms with E-state index >= 15 is 0 Å². The Morgan fingerprint density at radius 2 is 1.13 bits per heavy atom. The molecule has 5 heteroatoms. The van der Waals surface area contributed by atoms with E-state index in [9.17, 15) is 20.4 Å². The van der Waals surface area contributed by atoms with Crippen LogP contribution < -0.4 is 4.90 Å². The van der Waals surface area contributed by atoms with Crippen molar-refractivity contribution in [3.8, 4) is 34.1 Å². The van der Waals surface area contributed by atoms with Crippen molar-refractivity contribution in [2.45, 2.75) is 5.41 Å². The number of nitrogens with zero attached hydrogens (tertiary/aromatic N) is 1. The molecule has 0 saturated carbocycles. The summed E-state index contributed by atoms with van der Waals surface area (Å²) in [7, 11) is 1.93. The lowest BCUT2D eigenvalue weighted by Gasteiger charge is -2.43. The van der Waals surface area contributed by atoms with Crippen molar-refractivity contribution in [1.29, 1.82) is 0 Å². The van der Waals surface area contributed by atoms with E-state index in [0.29, 0.717) is 0 Å². The van der Waals surface area contributed by atoms with Crippen molar-refractivity contribution >= 4 is 11.4 Å². The second-order valence-electron chi connectivity index (χ2n) is 8.12. The van der Waals surface area contributed by atoms with Crippen LogP contribution in [0, 0.1) is 0 Å². The minimum atomic E-state index is -0.833. The van der Waals surface area contributed by atoms with Crippen LogP contribution in [0.1, 0.15) is 22.3 Å². The number of hydrogen-bond acceptors (Lipinski definition) is 5. The third-order valence-corrected chi connectivity index (χ3v) is 6.67. The Labute approximate surface area is 178 Å². The lowest BCUT2D eigenvalue weighted by atomic mass is 9.64. The van der Waals surface area contributed by atoms with Crippen LogP contribution in [0.2, 0.25) is 0 Å². The molecular weight excluding hydrogens is 390 g/mol. The van der Waals surface area contributed by atoms with Gasteiger partial charge >= 0.3 is 0 Å². The summed E-state index contributed by atoms with van der Waals surface area (Å²) in [6.45, 7) is 0. The molecule has 31 heavy (non-hydrogen) atoms. The summed E-state index contributed by atoms with van der Waals surface area (Å²) in [6, 6.07) is 22.3. The molecule has 1 heterocycles. The highest BCUT2D eigenvalue weighted by atomic mass is 16.3. The first-order chi connectivity index (χ1) is 14.9. The zero-order chi connectivity index (χ0) is 21.5. The lowest BCUT2D eigenvalue weighted by molar-refractivity contribution is 0.401. The highest BCUT2D eigenvalue weighted by Gasteiger charge is 2.51. The Morgan fingerprint density at radius 1 is 0.548 bits per heavy atom. The van der Waals surface area contributed by atoms with E-state index < -0.39 is 5.41 Å². The van der Waals surface area contributed by atoms with E-state index in [1.54, 1.807) is 24.3 Å². The molecule has 1 aliphatic carbocycles. The van der Waals surface area contributed by atoms with Gasteiger partial charge in [0.15, 0.2) is 23.0 Å². The number of benzene rings is 4. The maximum absolute atomic E-state index is 10.5. The molecule has 1 aliphatic heterocycles. The van der Waals surface area contributed by atoms with Gasteiger partial charge in [0.25, 0.3) is 0 Å². The van der Waals surface area contributed by atoms with Crippen LogP contribution in [0.3, 0.4) is 0 Å². The molecule has 0 bridgehead atoms. The van der Waals surface area contributed by atoms with E-state index in [4.69, 9.17) is 0 Å². The Bertz CT molecular complexity index is 1410. The van der Waals surface area contributed by atoms with Crippen molar-refractivity contribution in [1.82, 2.24) is 0 Å². The Morgan fingerprint density at radius 3 is 1.90 bits per heavy atom. The molecule has 1 unspecified atom stereocenters. The number of rotatable bonds is 0. The third-order valence-electron chi connectivity index (χ3n) is 6.67. The monoisotopic (exact) mass is 409 g/mol. The minimum Gasteiger partial charge on any atom is -0.504 e. The number of hydrogen-bond donors (Lipinski definition) is 4. The molecule has 0 fully saturated rings. The quantitative estimate of drug-likeness (QED) is 0.272. The van der Waals surface area contributed by atoms with E-state index in [1.165, 1.54) is 0 Å². The van der Waals surface area contributed by atoms with Crippen molar-refractivity contribution in [3.05, 3.63) is 95.1 Å². The van der Waals surface area contributed by atoms with Gasteiger partial charge in [0.05, 0.1) is 5.41 Å². The van der Waals surface area contributed by atoms with E-state index in [-0.39, 0.29) is 23.0 Å². The van der Waals surface area contributed by atoms with Crippen molar-refractivity contribution in [2.24, 2.45) is 0 Å². The summed E-state index contributed by atoms with van der Waals surface area (Å²) >= 11 is 0. The van der Waals surface area contributed by atoms with Gasteiger partial charge in [0, 0.05) is 24.5 Å². The van der Waals surface area contributed by atoms with Crippen LogP contribution in [0.5, 0.6) is 23.0 Å². The molecule has 1 spiro atoms. The van der Waals surface area contributed by atoms with Gasteiger partial charge in [-0.05, 0) is 57.6 Å². The summed E-state index contributed by atoms with van der Waals surface area (Å²) in [5.41, 5.74) is 6.24. The van der Waals surface area contributed by atoms with Gasteiger partial charge in [-0.15, -0.1) is 0 Å². The molecule has 0 radical (unpaired) electrons. The molecule has 4 aromatic rings. The minimum absolute atomic E-state index is 0.180. The van der Waals surface area contributed by atoms with E-state index in [2.05, 4.69) is 6.07 Å². The Balaban J connectivity index is 1.88. The third kappa shape index (κ3) is 2.00. The number of phenolic OH excluding ortho intramolecular Hbond substituents is 4. The SMILES string of the molecule is CN1c2ccccc2C2(c3ccccc3-c3cc(O)c(O)cc32)c2cc(O)c(O)cc21. The predicted molar refractivity (Wildman–Crippen MR) is 118 cm³/mol. The van der Waals surface area contributed by atoms with Gasteiger partial charge in [-0.3, -0.25) is 0 Å². The first kappa shape index (κ1) is 17.7. The fraction of sp³-hybridized carbons (Fsp3) is 0.0769. The molecule has 5 nitrogen and oxygen atoms in total. The van der Waals surface area contributed by atoms with Crippen LogP contribution in [0.25, 0.3) is 11.1 Å². The van der Waals surface area contributed by atoms with Crippen molar-refractivity contribution in [2.75, 3.05) is 11.9 Å². The standard InChI is InChI=1S/C26H19NO4/c1-27-20-9-5-4-8-17(20)26(19-12-24(30)25(31)13-21(19)27)16-7-3-2-6-14(16)15-10-22(28)23(29)11-18(15)26/h2-13,28-31H,1H3. The number of phenols is 4. The molecule has 0 aromatic heterocycles. The maximum Gasteiger partial charge on any atom is 0.159 e. The van der Waals surface area contributed by atoms with Gasteiger partial charge in [-0.25, -0.2) is 0 Å². The van der Waals surface area contributed by atoms with Crippen LogP contribution in [-0.2, 0) is 5.41 Å². The van der Waals surface area contributed by atoms with E-state index in [0.717, 1.165) is 44.8 Å². The summed E-state index contributed by atoms with van der Waals surface area (Å²) in [4.78, 5) is 2.00. The second-order valence-corrected chi connectivity index (χ2v) is 8.12.